The van der Waals surface area contributed by atoms with Crippen LogP contribution in [0, 0.1) is 11.3 Å². The molecule has 0 unspecified atom stereocenters. The lowest BCUT2D eigenvalue weighted by Crippen LogP contribution is -2.28. The molecule has 0 aromatic carbocycles. The van der Waals surface area contributed by atoms with Gasteiger partial charge in [-0.15, -0.1) is 0 Å². The van der Waals surface area contributed by atoms with Gasteiger partial charge in [0.2, 0.25) is 5.91 Å². The maximum absolute atomic E-state index is 11.6. The highest BCUT2D eigenvalue weighted by Crippen LogP contribution is 2.05. The van der Waals surface area contributed by atoms with Crippen LogP contribution in [0.25, 0.3) is 0 Å². The molecule has 0 saturated carbocycles. The Kier molecular flexibility index (Phi) is 12.6. The molecule has 0 saturated heterocycles. The molecule has 0 spiro atoms. The summed E-state index contributed by atoms with van der Waals surface area (Å²) in [6.07, 6.45) is 8.31. The highest BCUT2D eigenvalue weighted by Gasteiger charge is 2.07. The van der Waals surface area contributed by atoms with Crippen LogP contribution >= 0.6 is 0 Å². The van der Waals surface area contributed by atoms with Gasteiger partial charge in [-0.2, -0.15) is 5.26 Å². The smallest absolute Gasteiger partial charge is 0.224 e. The van der Waals surface area contributed by atoms with Crippen molar-refractivity contribution in [1.82, 2.24) is 4.90 Å². The van der Waals surface area contributed by atoms with Crippen molar-refractivity contribution in [3.8, 4) is 6.07 Å². The number of hydrogen-bond donors (Lipinski definition) is 0. The molecular weight excluding hydrogens is 240 g/mol. The standard InChI is InChI=1S/C15H28N2O2/c1-3-4-5-6-7-8-13-19-14-10-15(18)17(2)12-9-11-16/h3-10,12-14H2,1-2H3. The molecule has 0 heterocycles. The van der Waals surface area contributed by atoms with Gasteiger partial charge < -0.3 is 9.64 Å². The third kappa shape index (κ3) is 11.7. The largest absolute Gasteiger partial charge is 0.381 e. The third-order valence-electron chi connectivity index (χ3n) is 3.09. The zero-order valence-corrected chi connectivity index (χ0v) is 12.5. The third-order valence-corrected chi connectivity index (χ3v) is 3.09. The molecule has 4 nitrogen and oxygen atoms in total. The van der Waals surface area contributed by atoms with Crippen molar-refractivity contribution in [2.75, 3.05) is 26.8 Å². The van der Waals surface area contributed by atoms with Crippen LogP contribution in [0.5, 0.6) is 0 Å². The molecule has 19 heavy (non-hydrogen) atoms. The van der Waals surface area contributed by atoms with E-state index in [1.54, 1.807) is 11.9 Å². The van der Waals surface area contributed by atoms with E-state index in [1.165, 1.54) is 32.1 Å². The molecule has 1 amide bonds. The van der Waals surface area contributed by atoms with Gasteiger partial charge in [0.25, 0.3) is 0 Å². The summed E-state index contributed by atoms with van der Waals surface area (Å²) < 4.78 is 5.45. The van der Waals surface area contributed by atoms with Crippen molar-refractivity contribution in [2.24, 2.45) is 0 Å². The SMILES string of the molecule is CCCCCCCCOCCC(=O)N(C)CCC#N. The van der Waals surface area contributed by atoms with Crippen molar-refractivity contribution < 1.29 is 9.53 Å². The van der Waals surface area contributed by atoms with Crippen molar-refractivity contribution >= 4 is 5.91 Å². The van der Waals surface area contributed by atoms with Gasteiger partial charge in [0.15, 0.2) is 0 Å². The minimum Gasteiger partial charge on any atom is -0.381 e. The van der Waals surface area contributed by atoms with Gasteiger partial charge in [0.1, 0.15) is 0 Å². The first-order valence-electron chi connectivity index (χ1n) is 7.41. The van der Waals surface area contributed by atoms with Crippen LogP contribution < -0.4 is 0 Å². The van der Waals surface area contributed by atoms with E-state index < -0.39 is 0 Å². The molecular formula is C15H28N2O2. The summed E-state index contributed by atoms with van der Waals surface area (Å²) in [7, 11) is 1.73. The van der Waals surface area contributed by atoms with Crippen LogP contribution in [0.15, 0.2) is 0 Å². The van der Waals surface area contributed by atoms with Crippen molar-refractivity contribution in [2.45, 2.75) is 58.3 Å². The fourth-order valence-corrected chi connectivity index (χ4v) is 1.78. The highest BCUT2D eigenvalue weighted by molar-refractivity contribution is 5.75. The maximum atomic E-state index is 11.6. The number of nitrogens with zero attached hydrogens (tertiary/aromatic N) is 2. The lowest BCUT2D eigenvalue weighted by Gasteiger charge is -2.15. The molecule has 0 aliphatic carbocycles. The topological polar surface area (TPSA) is 53.3 Å². The number of nitriles is 1. The lowest BCUT2D eigenvalue weighted by atomic mass is 10.1. The molecule has 0 aliphatic heterocycles. The fourth-order valence-electron chi connectivity index (χ4n) is 1.78. The second kappa shape index (κ2) is 13.4. The molecule has 0 aromatic heterocycles. The van der Waals surface area contributed by atoms with Crippen LogP contribution in [0.4, 0.5) is 0 Å². The Morgan fingerprint density at radius 1 is 1.16 bits per heavy atom. The van der Waals surface area contributed by atoms with E-state index in [0.29, 0.717) is 26.0 Å². The van der Waals surface area contributed by atoms with E-state index in [2.05, 4.69) is 6.92 Å². The molecule has 0 fully saturated rings. The number of carbonyl (C=O) groups is 1. The van der Waals surface area contributed by atoms with Gasteiger partial charge in [-0.25, -0.2) is 0 Å². The second-order valence-electron chi connectivity index (χ2n) is 4.85. The van der Waals surface area contributed by atoms with Crippen molar-refractivity contribution in [3.05, 3.63) is 0 Å². The Labute approximate surface area is 117 Å². The van der Waals surface area contributed by atoms with Crippen LogP contribution in [0.3, 0.4) is 0 Å². The summed E-state index contributed by atoms with van der Waals surface area (Å²) in [6.45, 7) is 3.96. The summed E-state index contributed by atoms with van der Waals surface area (Å²) in [4.78, 5) is 13.2. The molecule has 0 bridgehead atoms. The monoisotopic (exact) mass is 268 g/mol. The molecule has 0 rings (SSSR count). The fraction of sp³-hybridized carbons (Fsp3) is 0.867. The average Bonchev–Trinajstić information content (AvgIpc) is 2.42. The number of carbonyl (C=O) groups excluding carboxylic acids is 1. The Bertz CT molecular complexity index is 261. The summed E-state index contributed by atoms with van der Waals surface area (Å²) >= 11 is 0. The zero-order valence-electron chi connectivity index (χ0n) is 12.5. The number of hydrogen-bond acceptors (Lipinski definition) is 3. The van der Waals surface area contributed by atoms with Gasteiger partial charge in [0.05, 0.1) is 25.5 Å². The van der Waals surface area contributed by atoms with E-state index in [1.807, 2.05) is 6.07 Å². The molecule has 110 valence electrons. The average molecular weight is 268 g/mol. The predicted octanol–water partition coefficient (Wildman–Crippen LogP) is 3.13. The Hall–Kier alpha value is -1.08. The lowest BCUT2D eigenvalue weighted by molar-refractivity contribution is -0.130. The van der Waals surface area contributed by atoms with E-state index >= 15 is 0 Å². The molecule has 0 radical (unpaired) electrons. The highest BCUT2D eigenvalue weighted by atomic mass is 16.5. The van der Waals surface area contributed by atoms with Crippen LogP contribution in [0.1, 0.15) is 58.3 Å². The van der Waals surface area contributed by atoms with Crippen molar-refractivity contribution in [3.63, 3.8) is 0 Å². The first-order valence-corrected chi connectivity index (χ1v) is 7.41. The Morgan fingerprint density at radius 3 is 2.53 bits per heavy atom. The predicted molar refractivity (Wildman–Crippen MR) is 76.7 cm³/mol. The minimum atomic E-state index is 0.0539. The number of rotatable bonds is 12. The van der Waals surface area contributed by atoms with Crippen LogP contribution in [-0.4, -0.2) is 37.6 Å². The summed E-state index contributed by atoms with van der Waals surface area (Å²) in [5.41, 5.74) is 0. The molecule has 4 heteroatoms. The van der Waals surface area contributed by atoms with Crippen LogP contribution in [0.2, 0.25) is 0 Å². The normalized spacial score (nSPS) is 10.2. The van der Waals surface area contributed by atoms with Crippen molar-refractivity contribution in [1.29, 1.82) is 5.26 Å². The van der Waals surface area contributed by atoms with E-state index in [4.69, 9.17) is 10.00 Å². The summed E-state index contributed by atoms with van der Waals surface area (Å²) in [5, 5.41) is 8.43. The number of ether oxygens (including phenoxy) is 1. The first-order chi connectivity index (χ1) is 9.22. The number of amides is 1. The molecule has 0 atom stereocenters. The molecule has 0 aromatic rings. The van der Waals surface area contributed by atoms with Crippen LogP contribution in [-0.2, 0) is 9.53 Å². The molecule has 0 N–H and O–H groups in total. The Balaban J connectivity index is 3.29. The zero-order chi connectivity index (χ0) is 14.3. The van der Waals surface area contributed by atoms with Gasteiger partial charge in [-0.1, -0.05) is 39.0 Å². The quantitative estimate of drug-likeness (QED) is 0.511. The first kappa shape index (κ1) is 17.9. The molecule has 0 aliphatic rings. The van der Waals surface area contributed by atoms with Gasteiger partial charge in [-0.05, 0) is 6.42 Å². The Morgan fingerprint density at radius 2 is 1.84 bits per heavy atom. The van der Waals surface area contributed by atoms with E-state index in [0.717, 1.165) is 13.0 Å². The van der Waals surface area contributed by atoms with Gasteiger partial charge in [-0.3, -0.25) is 4.79 Å². The maximum Gasteiger partial charge on any atom is 0.224 e. The summed E-state index contributed by atoms with van der Waals surface area (Å²) in [5.74, 6) is 0.0539. The second-order valence-corrected chi connectivity index (χ2v) is 4.85. The number of unbranched alkanes of at least 4 members (excludes halogenated alkanes) is 5. The minimum absolute atomic E-state index is 0.0539. The van der Waals surface area contributed by atoms with Gasteiger partial charge in [0, 0.05) is 20.2 Å². The van der Waals surface area contributed by atoms with Gasteiger partial charge >= 0.3 is 0 Å². The van der Waals surface area contributed by atoms with E-state index in [9.17, 15) is 4.79 Å². The van der Waals surface area contributed by atoms with E-state index in [-0.39, 0.29) is 5.91 Å². The summed E-state index contributed by atoms with van der Waals surface area (Å²) in [6, 6.07) is 2.03.